The van der Waals surface area contributed by atoms with E-state index in [2.05, 4.69) is 4.98 Å². The molecule has 5 heteroatoms. The van der Waals surface area contributed by atoms with Crippen molar-refractivity contribution in [1.82, 2.24) is 4.98 Å². The molecule has 1 aromatic heterocycles. The van der Waals surface area contributed by atoms with Crippen LogP contribution in [0.5, 0.6) is 0 Å². The zero-order valence-electron chi connectivity index (χ0n) is 8.98. The van der Waals surface area contributed by atoms with E-state index in [0.29, 0.717) is 24.5 Å². The van der Waals surface area contributed by atoms with Gasteiger partial charge in [0.05, 0.1) is 16.1 Å². The van der Waals surface area contributed by atoms with Crippen LogP contribution in [-0.4, -0.2) is 29.1 Å². The first-order valence-electron chi connectivity index (χ1n) is 5.11. The first-order valence-corrected chi connectivity index (χ1v) is 5.48. The lowest BCUT2D eigenvalue weighted by Gasteiger charge is -2.22. The van der Waals surface area contributed by atoms with E-state index in [4.69, 9.17) is 16.7 Å². The number of nitrogens with zero attached hydrogens (tertiary/aromatic N) is 2. The summed E-state index contributed by atoms with van der Waals surface area (Å²) in [5.74, 6) is -0.750. The Hall–Kier alpha value is -1.29. The molecule has 0 amide bonds. The summed E-state index contributed by atoms with van der Waals surface area (Å²) < 4.78 is 0. The molecule has 0 saturated carbocycles. The van der Waals surface area contributed by atoms with Crippen molar-refractivity contribution in [2.75, 3.05) is 18.0 Å². The van der Waals surface area contributed by atoms with E-state index in [-0.39, 0.29) is 0 Å². The minimum absolute atomic E-state index is 0.492. The van der Waals surface area contributed by atoms with Gasteiger partial charge >= 0.3 is 5.97 Å². The molecule has 4 nitrogen and oxygen atoms in total. The highest BCUT2D eigenvalue weighted by Crippen LogP contribution is 2.35. The number of rotatable bonds is 2. The molecule has 1 aliphatic rings. The van der Waals surface area contributed by atoms with E-state index in [1.165, 1.54) is 0 Å². The highest BCUT2D eigenvalue weighted by molar-refractivity contribution is 6.33. The summed E-state index contributed by atoms with van der Waals surface area (Å²) in [6, 6.07) is 1.82. The molecular formula is C11H13ClN2O2. The molecule has 0 bridgehead atoms. The van der Waals surface area contributed by atoms with Crippen molar-refractivity contribution in [1.29, 1.82) is 0 Å². The van der Waals surface area contributed by atoms with Gasteiger partial charge in [0.1, 0.15) is 0 Å². The van der Waals surface area contributed by atoms with Crippen LogP contribution in [0.25, 0.3) is 0 Å². The smallest absolute Gasteiger partial charge is 0.311 e. The molecule has 0 spiro atoms. The molecule has 1 unspecified atom stereocenters. The van der Waals surface area contributed by atoms with Crippen molar-refractivity contribution < 1.29 is 9.90 Å². The van der Waals surface area contributed by atoms with E-state index in [1.54, 1.807) is 19.3 Å². The van der Waals surface area contributed by atoms with Gasteiger partial charge in [-0.2, -0.15) is 0 Å². The normalized spacial score (nSPS) is 24.8. The number of carbonyl (C=O) groups is 1. The lowest BCUT2D eigenvalue weighted by atomic mass is 9.90. The van der Waals surface area contributed by atoms with Crippen LogP contribution < -0.4 is 4.90 Å². The Labute approximate surface area is 98.9 Å². The first-order chi connectivity index (χ1) is 7.53. The monoisotopic (exact) mass is 240 g/mol. The standard InChI is InChI=1S/C11H13ClN2O2/c1-11(10(15)16)3-5-14(7-11)9-2-4-13-6-8(9)12/h2,4,6H,3,5,7H2,1H3,(H,15,16). The second-order valence-electron chi connectivity index (χ2n) is 4.36. The third-order valence-electron chi connectivity index (χ3n) is 3.08. The minimum Gasteiger partial charge on any atom is -0.481 e. The maximum absolute atomic E-state index is 11.1. The fourth-order valence-electron chi connectivity index (χ4n) is 1.97. The molecule has 0 aromatic carbocycles. The molecular weight excluding hydrogens is 228 g/mol. The van der Waals surface area contributed by atoms with Gasteiger partial charge in [0, 0.05) is 25.5 Å². The lowest BCUT2D eigenvalue weighted by molar-refractivity contribution is -0.146. The van der Waals surface area contributed by atoms with E-state index in [9.17, 15) is 4.79 Å². The van der Waals surface area contributed by atoms with Gasteiger partial charge in [0.25, 0.3) is 0 Å². The summed E-state index contributed by atoms with van der Waals surface area (Å²) in [6.07, 6.45) is 3.88. The Bertz CT molecular complexity index is 424. The lowest BCUT2D eigenvalue weighted by Crippen LogP contribution is -2.31. The average molecular weight is 241 g/mol. The number of pyridine rings is 1. The van der Waals surface area contributed by atoms with Gasteiger partial charge in [-0.05, 0) is 19.4 Å². The summed E-state index contributed by atoms with van der Waals surface area (Å²) >= 11 is 6.03. The van der Waals surface area contributed by atoms with E-state index < -0.39 is 11.4 Å². The number of hydrogen-bond acceptors (Lipinski definition) is 3. The first kappa shape index (κ1) is 11.2. The summed E-state index contributed by atoms with van der Waals surface area (Å²) in [7, 11) is 0. The summed E-state index contributed by atoms with van der Waals surface area (Å²) in [4.78, 5) is 17.0. The van der Waals surface area contributed by atoms with Crippen LogP contribution in [0.2, 0.25) is 5.02 Å². The Morgan fingerprint density at radius 1 is 1.69 bits per heavy atom. The van der Waals surface area contributed by atoms with Gasteiger partial charge in [-0.3, -0.25) is 9.78 Å². The third-order valence-corrected chi connectivity index (χ3v) is 3.37. The largest absolute Gasteiger partial charge is 0.481 e. The fraction of sp³-hybridized carbons (Fsp3) is 0.455. The van der Waals surface area contributed by atoms with Crippen molar-refractivity contribution in [2.45, 2.75) is 13.3 Å². The molecule has 1 fully saturated rings. The van der Waals surface area contributed by atoms with Crippen LogP contribution in [0, 0.1) is 5.41 Å². The highest BCUT2D eigenvalue weighted by Gasteiger charge is 2.40. The number of aromatic nitrogens is 1. The molecule has 16 heavy (non-hydrogen) atoms. The average Bonchev–Trinajstić information content (AvgIpc) is 2.63. The molecule has 1 aliphatic heterocycles. The second kappa shape index (κ2) is 3.94. The number of aliphatic carboxylic acids is 1. The maximum atomic E-state index is 11.1. The van der Waals surface area contributed by atoms with Gasteiger partial charge in [-0.15, -0.1) is 0 Å². The Morgan fingerprint density at radius 3 is 3.00 bits per heavy atom. The van der Waals surface area contributed by atoms with Crippen molar-refractivity contribution in [3.05, 3.63) is 23.5 Å². The molecule has 1 N–H and O–H groups in total. The maximum Gasteiger partial charge on any atom is 0.311 e. The number of carboxylic acid groups (broad SMARTS) is 1. The van der Waals surface area contributed by atoms with Crippen LogP contribution in [0.4, 0.5) is 5.69 Å². The molecule has 1 atom stereocenters. The minimum atomic E-state index is -0.750. The van der Waals surface area contributed by atoms with Gasteiger partial charge < -0.3 is 10.0 Å². The van der Waals surface area contributed by atoms with Crippen LogP contribution in [-0.2, 0) is 4.79 Å². The SMILES string of the molecule is CC1(C(=O)O)CCN(c2ccncc2Cl)C1. The fourth-order valence-corrected chi connectivity index (χ4v) is 2.20. The van der Waals surface area contributed by atoms with Crippen molar-refractivity contribution in [3.63, 3.8) is 0 Å². The highest BCUT2D eigenvalue weighted by atomic mass is 35.5. The van der Waals surface area contributed by atoms with Crippen LogP contribution in [0.3, 0.4) is 0 Å². The van der Waals surface area contributed by atoms with Crippen molar-refractivity contribution in [3.8, 4) is 0 Å². The van der Waals surface area contributed by atoms with Gasteiger partial charge in [-0.1, -0.05) is 11.6 Å². The summed E-state index contributed by atoms with van der Waals surface area (Å²) in [5.41, 5.74) is 0.189. The predicted octanol–water partition coefficient (Wildman–Crippen LogP) is 2.04. The molecule has 2 rings (SSSR count). The Balaban J connectivity index is 2.22. The van der Waals surface area contributed by atoms with E-state index >= 15 is 0 Å². The zero-order chi connectivity index (χ0) is 11.8. The second-order valence-corrected chi connectivity index (χ2v) is 4.77. The molecule has 1 saturated heterocycles. The number of anilines is 1. The summed E-state index contributed by atoms with van der Waals surface area (Å²) in [6.45, 7) is 2.98. The zero-order valence-corrected chi connectivity index (χ0v) is 9.74. The third kappa shape index (κ3) is 1.85. The van der Waals surface area contributed by atoms with E-state index in [1.807, 2.05) is 11.0 Å². The molecule has 1 aromatic rings. The topological polar surface area (TPSA) is 53.4 Å². The van der Waals surface area contributed by atoms with Crippen molar-refractivity contribution in [2.24, 2.45) is 5.41 Å². The van der Waals surface area contributed by atoms with Gasteiger partial charge in [0.15, 0.2) is 0 Å². The molecule has 86 valence electrons. The van der Waals surface area contributed by atoms with Crippen LogP contribution in [0.15, 0.2) is 18.5 Å². The van der Waals surface area contributed by atoms with Gasteiger partial charge in [-0.25, -0.2) is 0 Å². The van der Waals surface area contributed by atoms with E-state index in [0.717, 1.165) is 5.69 Å². The predicted molar refractivity (Wildman–Crippen MR) is 61.8 cm³/mol. The van der Waals surface area contributed by atoms with Gasteiger partial charge in [0.2, 0.25) is 0 Å². The number of hydrogen-bond donors (Lipinski definition) is 1. The number of halogens is 1. The number of carboxylic acids is 1. The van der Waals surface area contributed by atoms with Crippen LogP contribution in [0.1, 0.15) is 13.3 Å². The van der Waals surface area contributed by atoms with Crippen LogP contribution >= 0.6 is 11.6 Å². The molecule has 0 aliphatic carbocycles. The molecule has 0 radical (unpaired) electrons. The Kier molecular flexibility index (Phi) is 2.76. The quantitative estimate of drug-likeness (QED) is 0.860. The Morgan fingerprint density at radius 2 is 2.44 bits per heavy atom. The summed E-state index contributed by atoms with van der Waals surface area (Å²) in [5, 5.41) is 9.70. The van der Waals surface area contributed by atoms with Crippen molar-refractivity contribution >= 4 is 23.3 Å². The molecule has 2 heterocycles.